The number of benzene rings is 3. The van der Waals surface area contributed by atoms with E-state index in [1.165, 1.54) is 0 Å². The van der Waals surface area contributed by atoms with E-state index in [2.05, 4.69) is 24.3 Å². The standard InChI is InChI=1S/C35H37NO6/c1-39-29-15-10-26(11-16-29)35(27-12-17-30(40-2)18-13-27)28-14-19-34(38)36(23-28)20-5-21-41-31-8-4-9-32(22-31)42-24-33(37)25-6-3-7-25/h4,8-19,22-23,25,35H,3,5-7,20-21,24H2,1-2H3. The molecule has 5 rings (SSSR count). The molecule has 0 atom stereocenters. The normalized spacial score (nSPS) is 12.9. The van der Waals surface area contributed by atoms with Crippen molar-refractivity contribution < 1.29 is 23.7 Å². The summed E-state index contributed by atoms with van der Waals surface area (Å²) in [6.07, 6.45) is 5.66. The molecule has 0 spiro atoms. The highest BCUT2D eigenvalue weighted by Crippen LogP contribution is 2.33. The molecule has 7 nitrogen and oxygen atoms in total. The van der Waals surface area contributed by atoms with Crippen LogP contribution < -0.4 is 24.5 Å². The summed E-state index contributed by atoms with van der Waals surface area (Å²) in [6, 6.07) is 26.9. The summed E-state index contributed by atoms with van der Waals surface area (Å²) >= 11 is 0. The number of aromatic nitrogens is 1. The van der Waals surface area contributed by atoms with Gasteiger partial charge < -0.3 is 23.5 Å². The van der Waals surface area contributed by atoms with Gasteiger partial charge in [0.2, 0.25) is 0 Å². The summed E-state index contributed by atoms with van der Waals surface area (Å²) in [5, 5.41) is 0. The Hall–Kier alpha value is -4.52. The number of nitrogens with zero attached hydrogens (tertiary/aromatic N) is 1. The van der Waals surface area contributed by atoms with Crippen molar-refractivity contribution in [1.29, 1.82) is 0 Å². The van der Waals surface area contributed by atoms with Gasteiger partial charge in [-0.3, -0.25) is 9.59 Å². The zero-order valence-corrected chi connectivity index (χ0v) is 24.2. The van der Waals surface area contributed by atoms with Crippen LogP contribution in [0, 0.1) is 5.92 Å². The highest BCUT2D eigenvalue weighted by molar-refractivity contribution is 5.83. The quantitative estimate of drug-likeness (QED) is 0.167. The molecule has 0 unspecified atom stereocenters. The Morgan fingerprint density at radius 1 is 0.786 bits per heavy atom. The maximum absolute atomic E-state index is 12.8. The topological polar surface area (TPSA) is 76.0 Å². The number of methoxy groups -OCH3 is 2. The Balaban J connectivity index is 1.24. The van der Waals surface area contributed by atoms with Crippen molar-refractivity contribution in [3.05, 3.63) is 118 Å². The summed E-state index contributed by atoms with van der Waals surface area (Å²) in [6.45, 7) is 1.04. The Morgan fingerprint density at radius 3 is 1.95 bits per heavy atom. The van der Waals surface area contributed by atoms with Gasteiger partial charge in [-0.2, -0.15) is 0 Å². The number of ether oxygens (including phenoxy) is 4. The SMILES string of the molecule is COc1ccc(C(c2ccc(OC)cc2)c2ccc(=O)n(CCCOc3cccc(OCC(=O)C4CCC4)c3)c2)cc1. The van der Waals surface area contributed by atoms with Crippen LogP contribution in [0.15, 0.2) is 95.9 Å². The lowest BCUT2D eigenvalue weighted by Gasteiger charge is -2.23. The second kappa shape index (κ2) is 13.9. The first-order valence-electron chi connectivity index (χ1n) is 14.4. The first kappa shape index (κ1) is 29.0. The first-order valence-corrected chi connectivity index (χ1v) is 14.4. The van der Waals surface area contributed by atoms with Crippen LogP contribution in [-0.4, -0.2) is 37.8 Å². The molecular weight excluding hydrogens is 530 g/mol. The number of Topliss-reactive ketones (excluding diaryl/α,β-unsaturated/α-hetero) is 1. The number of hydrogen-bond donors (Lipinski definition) is 0. The molecule has 1 aliphatic carbocycles. The van der Waals surface area contributed by atoms with Crippen molar-refractivity contribution >= 4 is 5.78 Å². The zero-order valence-electron chi connectivity index (χ0n) is 24.2. The maximum Gasteiger partial charge on any atom is 0.250 e. The van der Waals surface area contributed by atoms with E-state index in [4.69, 9.17) is 18.9 Å². The van der Waals surface area contributed by atoms with Gasteiger partial charge in [-0.15, -0.1) is 0 Å². The van der Waals surface area contributed by atoms with E-state index in [0.717, 1.165) is 47.5 Å². The Kier molecular flexibility index (Phi) is 9.59. The molecule has 0 bridgehead atoms. The van der Waals surface area contributed by atoms with Crippen molar-refractivity contribution in [3.63, 3.8) is 0 Å². The fraction of sp³-hybridized carbons (Fsp3) is 0.314. The molecule has 218 valence electrons. The number of hydrogen-bond acceptors (Lipinski definition) is 6. The molecule has 0 N–H and O–H groups in total. The second-order valence-electron chi connectivity index (χ2n) is 10.5. The number of rotatable bonds is 14. The summed E-state index contributed by atoms with van der Waals surface area (Å²) in [7, 11) is 3.30. The number of carbonyl (C=O) groups is 1. The van der Waals surface area contributed by atoms with Gasteiger partial charge in [-0.05, 0) is 72.4 Å². The summed E-state index contributed by atoms with van der Waals surface area (Å²) in [4.78, 5) is 24.9. The molecular formula is C35H37NO6. The molecule has 1 aromatic heterocycles. The third-order valence-electron chi connectivity index (χ3n) is 7.80. The number of ketones is 1. The lowest BCUT2D eigenvalue weighted by molar-refractivity contribution is -0.127. The Bertz CT molecular complexity index is 1480. The van der Waals surface area contributed by atoms with Gasteiger partial charge in [0.25, 0.3) is 5.56 Å². The highest BCUT2D eigenvalue weighted by Gasteiger charge is 2.25. The van der Waals surface area contributed by atoms with E-state index in [0.29, 0.717) is 31.1 Å². The molecule has 0 amide bonds. The minimum atomic E-state index is -0.0798. The zero-order chi connectivity index (χ0) is 29.3. The van der Waals surface area contributed by atoms with E-state index in [9.17, 15) is 9.59 Å². The molecule has 0 radical (unpaired) electrons. The fourth-order valence-electron chi connectivity index (χ4n) is 5.15. The van der Waals surface area contributed by atoms with Crippen LogP contribution >= 0.6 is 0 Å². The smallest absolute Gasteiger partial charge is 0.250 e. The molecule has 1 heterocycles. The molecule has 3 aromatic carbocycles. The van der Waals surface area contributed by atoms with Crippen LogP contribution in [0.3, 0.4) is 0 Å². The number of carbonyl (C=O) groups excluding carboxylic acids is 1. The van der Waals surface area contributed by atoms with Crippen LogP contribution in [0.2, 0.25) is 0 Å². The molecule has 42 heavy (non-hydrogen) atoms. The van der Waals surface area contributed by atoms with Gasteiger partial charge in [-0.25, -0.2) is 0 Å². The van der Waals surface area contributed by atoms with E-state index in [1.54, 1.807) is 30.9 Å². The van der Waals surface area contributed by atoms with Gasteiger partial charge in [-0.1, -0.05) is 42.8 Å². The van der Waals surface area contributed by atoms with Crippen LogP contribution in [-0.2, 0) is 11.3 Å². The van der Waals surface area contributed by atoms with Gasteiger partial charge in [0.05, 0.1) is 20.8 Å². The molecule has 1 aliphatic rings. The molecule has 4 aromatic rings. The van der Waals surface area contributed by atoms with Gasteiger partial charge in [0.15, 0.2) is 5.78 Å². The summed E-state index contributed by atoms with van der Waals surface area (Å²) < 4.78 is 24.1. The number of pyridine rings is 1. The minimum absolute atomic E-state index is 0.0616. The van der Waals surface area contributed by atoms with Crippen LogP contribution in [0.4, 0.5) is 0 Å². The van der Waals surface area contributed by atoms with Gasteiger partial charge >= 0.3 is 0 Å². The second-order valence-corrected chi connectivity index (χ2v) is 10.5. The fourth-order valence-corrected chi connectivity index (χ4v) is 5.15. The monoisotopic (exact) mass is 567 g/mol. The lowest BCUT2D eigenvalue weighted by Crippen LogP contribution is -2.26. The van der Waals surface area contributed by atoms with Crippen molar-refractivity contribution in [2.24, 2.45) is 5.92 Å². The van der Waals surface area contributed by atoms with Crippen LogP contribution in [0.1, 0.15) is 48.3 Å². The van der Waals surface area contributed by atoms with Crippen molar-refractivity contribution in [3.8, 4) is 23.0 Å². The largest absolute Gasteiger partial charge is 0.497 e. The number of aryl methyl sites for hydroxylation is 1. The van der Waals surface area contributed by atoms with Gasteiger partial charge in [0, 0.05) is 36.7 Å². The molecule has 1 saturated carbocycles. The predicted octanol–water partition coefficient (Wildman–Crippen LogP) is 6.26. The van der Waals surface area contributed by atoms with Crippen molar-refractivity contribution in [2.75, 3.05) is 27.4 Å². The molecule has 0 saturated heterocycles. The Labute approximate surface area is 246 Å². The average Bonchev–Trinajstić information content (AvgIpc) is 3.00. The first-order chi connectivity index (χ1) is 20.5. The molecule has 1 fully saturated rings. The van der Waals surface area contributed by atoms with Crippen LogP contribution in [0.5, 0.6) is 23.0 Å². The predicted molar refractivity (Wildman–Crippen MR) is 162 cm³/mol. The maximum atomic E-state index is 12.8. The van der Waals surface area contributed by atoms with E-state index < -0.39 is 0 Å². The Morgan fingerprint density at radius 2 is 1.38 bits per heavy atom. The minimum Gasteiger partial charge on any atom is -0.497 e. The van der Waals surface area contributed by atoms with E-state index >= 15 is 0 Å². The third-order valence-corrected chi connectivity index (χ3v) is 7.80. The average molecular weight is 568 g/mol. The highest BCUT2D eigenvalue weighted by atomic mass is 16.5. The summed E-state index contributed by atoms with van der Waals surface area (Å²) in [5.74, 6) is 3.11. The van der Waals surface area contributed by atoms with Crippen molar-refractivity contribution in [2.45, 2.75) is 38.1 Å². The van der Waals surface area contributed by atoms with E-state index in [1.807, 2.05) is 54.7 Å². The van der Waals surface area contributed by atoms with Crippen molar-refractivity contribution in [1.82, 2.24) is 4.57 Å². The van der Waals surface area contributed by atoms with Crippen LogP contribution in [0.25, 0.3) is 0 Å². The van der Waals surface area contributed by atoms with E-state index in [-0.39, 0.29) is 29.8 Å². The van der Waals surface area contributed by atoms with Gasteiger partial charge in [0.1, 0.15) is 29.6 Å². The molecule has 0 aliphatic heterocycles. The third kappa shape index (κ3) is 7.21. The molecule has 7 heteroatoms. The lowest BCUT2D eigenvalue weighted by atomic mass is 9.82. The summed E-state index contributed by atoms with van der Waals surface area (Å²) in [5.41, 5.74) is 3.12.